The highest BCUT2D eigenvalue weighted by Crippen LogP contribution is 2.23. The fraction of sp³-hybridized carbons (Fsp3) is 0.391. The van der Waals surface area contributed by atoms with Crippen LogP contribution in [0.15, 0.2) is 42.5 Å². The Hall–Kier alpha value is -1.75. The largest absolute Gasteiger partial charge is 0.352 e. The Balaban J connectivity index is 1.79. The lowest BCUT2D eigenvalue weighted by Gasteiger charge is -2.30. The Kier molecular flexibility index (Phi) is 8.04. The maximum Gasteiger partial charge on any atom is 0.242 e. The molecule has 0 saturated heterocycles. The first kappa shape index (κ1) is 22.9. The van der Waals surface area contributed by atoms with E-state index in [-0.39, 0.29) is 30.8 Å². The average Bonchev–Trinajstić information content (AvgIpc) is 3.20. The van der Waals surface area contributed by atoms with E-state index in [1.165, 1.54) is 0 Å². The van der Waals surface area contributed by atoms with Crippen LogP contribution in [0.1, 0.15) is 43.7 Å². The van der Waals surface area contributed by atoms with Gasteiger partial charge in [0.2, 0.25) is 11.8 Å². The van der Waals surface area contributed by atoms with Crippen LogP contribution in [0.4, 0.5) is 0 Å². The summed E-state index contributed by atoms with van der Waals surface area (Å²) in [6.07, 6.45) is 4.30. The molecule has 2 amide bonds. The van der Waals surface area contributed by atoms with E-state index >= 15 is 0 Å². The molecule has 2 aromatic carbocycles. The van der Waals surface area contributed by atoms with Gasteiger partial charge in [0.05, 0.1) is 6.42 Å². The molecular weight excluding hydrogens is 443 g/mol. The Labute approximate surface area is 192 Å². The fourth-order valence-corrected chi connectivity index (χ4v) is 4.42. The van der Waals surface area contributed by atoms with Gasteiger partial charge in [-0.05, 0) is 55.2 Å². The molecule has 3 rings (SSSR count). The summed E-state index contributed by atoms with van der Waals surface area (Å²) in [6.45, 7) is 2.04. The van der Waals surface area contributed by atoms with E-state index in [1.54, 1.807) is 42.2 Å². The number of halogens is 3. The summed E-state index contributed by atoms with van der Waals surface area (Å²) in [5.74, 6) is -0.326. The number of rotatable bonds is 7. The third-order valence-electron chi connectivity index (χ3n) is 5.47. The van der Waals surface area contributed by atoms with E-state index in [9.17, 15) is 9.59 Å². The molecule has 0 radical (unpaired) electrons. The van der Waals surface area contributed by atoms with Crippen LogP contribution in [0.3, 0.4) is 0 Å². The van der Waals surface area contributed by atoms with Crippen molar-refractivity contribution in [1.29, 1.82) is 0 Å². The number of carbonyl (C=O) groups is 2. The van der Waals surface area contributed by atoms with Gasteiger partial charge in [0.15, 0.2) is 0 Å². The Morgan fingerprint density at radius 2 is 1.77 bits per heavy atom. The summed E-state index contributed by atoms with van der Waals surface area (Å²) in [4.78, 5) is 27.7. The van der Waals surface area contributed by atoms with Crippen molar-refractivity contribution in [3.8, 4) is 0 Å². The van der Waals surface area contributed by atoms with Crippen molar-refractivity contribution in [1.82, 2.24) is 10.2 Å². The SMILES string of the molecule is C[C@@H](C(=O)NC1CCCC1)N(Cc1cccc(Cl)c1)C(=O)Cc1ccc(Cl)cc1Cl. The van der Waals surface area contributed by atoms with Crippen LogP contribution in [0.25, 0.3) is 0 Å². The predicted octanol–water partition coefficient (Wildman–Crippen LogP) is 5.67. The molecule has 1 saturated carbocycles. The summed E-state index contributed by atoms with van der Waals surface area (Å²) < 4.78 is 0. The molecule has 0 aliphatic heterocycles. The van der Waals surface area contributed by atoms with Crippen LogP contribution in [0.5, 0.6) is 0 Å². The molecular formula is C23H25Cl3N2O2. The molecule has 30 heavy (non-hydrogen) atoms. The number of nitrogens with zero attached hydrogens (tertiary/aromatic N) is 1. The molecule has 0 spiro atoms. The van der Waals surface area contributed by atoms with Crippen LogP contribution in [-0.2, 0) is 22.6 Å². The van der Waals surface area contributed by atoms with Gasteiger partial charge in [-0.1, -0.05) is 65.8 Å². The fourth-order valence-electron chi connectivity index (χ4n) is 3.74. The lowest BCUT2D eigenvalue weighted by Crippen LogP contribution is -2.50. The first-order valence-corrected chi connectivity index (χ1v) is 11.2. The van der Waals surface area contributed by atoms with Crippen molar-refractivity contribution in [2.45, 2.75) is 57.7 Å². The van der Waals surface area contributed by atoms with E-state index in [4.69, 9.17) is 34.8 Å². The van der Waals surface area contributed by atoms with Gasteiger partial charge in [-0.3, -0.25) is 9.59 Å². The summed E-state index contributed by atoms with van der Waals surface area (Å²) >= 11 is 18.3. The number of benzene rings is 2. The molecule has 2 aromatic rings. The van der Waals surface area contributed by atoms with E-state index < -0.39 is 6.04 Å². The van der Waals surface area contributed by atoms with Gasteiger partial charge in [-0.2, -0.15) is 0 Å². The van der Waals surface area contributed by atoms with Gasteiger partial charge in [-0.25, -0.2) is 0 Å². The van der Waals surface area contributed by atoms with Crippen LogP contribution in [-0.4, -0.2) is 28.8 Å². The molecule has 0 heterocycles. The number of amides is 2. The first-order chi connectivity index (χ1) is 14.3. The van der Waals surface area contributed by atoms with E-state index in [0.29, 0.717) is 20.6 Å². The zero-order valence-electron chi connectivity index (χ0n) is 16.8. The standard InChI is InChI=1S/C23H25Cl3N2O2/c1-15(23(30)27-20-7-2-3-8-20)28(14-16-5-4-6-18(24)11-16)22(29)12-17-9-10-19(25)13-21(17)26/h4-6,9-11,13,15,20H,2-3,7-8,12,14H2,1H3,(H,27,30)/t15-/m0/s1. The Morgan fingerprint density at radius 1 is 1.07 bits per heavy atom. The van der Waals surface area contributed by atoms with E-state index in [0.717, 1.165) is 31.2 Å². The van der Waals surface area contributed by atoms with Crippen molar-refractivity contribution >= 4 is 46.6 Å². The number of hydrogen-bond donors (Lipinski definition) is 1. The zero-order chi connectivity index (χ0) is 21.7. The zero-order valence-corrected chi connectivity index (χ0v) is 19.1. The Morgan fingerprint density at radius 3 is 2.43 bits per heavy atom. The molecule has 0 aromatic heterocycles. The maximum atomic E-state index is 13.2. The smallest absolute Gasteiger partial charge is 0.242 e. The monoisotopic (exact) mass is 466 g/mol. The second kappa shape index (κ2) is 10.5. The van der Waals surface area contributed by atoms with Crippen LogP contribution in [0.2, 0.25) is 15.1 Å². The summed E-state index contributed by atoms with van der Waals surface area (Å²) in [5, 5.41) is 4.62. The van der Waals surface area contributed by atoms with Crippen molar-refractivity contribution < 1.29 is 9.59 Å². The van der Waals surface area contributed by atoms with Gasteiger partial charge in [0.1, 0.15) is 6.04 Å². The molecule has 1 aliphatic rings. The van der Waals surface area contributed by atoms with Gasteiger partial charge in [0.25, 0.3) is 0 Å². The molecule has 4 nitrogen and oxygen atoms in total. The van der Waals surface area contributed by atoms with Gasteiger partial charge >= 0.3 is 0 Å². The van der Waals surface area contributed by atoms with Gasteiger partial charge < -0.3 is 10.2 Å². The average molecular weight is 468 g/mol. The molecule has 0 unspecified atom stereocenters. The molecule has 1 fully saturated rings. The third kappa shape index (κ3) is 6.13. The van der Waals surface area contributed by atoms with Gasteiger partial charge in [0, 0.05) is 27.7 Å². The molecule has 1 aliphatic carbocycles. The highest BCUT2D eigenvalue weighted by atomic mass is 35.5. The lowest BCUT2D eigenvalue weighted by atomic mass is 10.1. The molecule has 160 valence electrons. The van der Waals surface area contributed by atoms with Crippen molar-refractivity contribution in [3.05, 3.63) is 68.7 Å². The second-order valence-corrected chi connectivity index (χ2v) is 9.01. The third-order valence-corrected chi connectivity index (χ3v) is 6.29. The highest BCUT2D eigenvalue weighted by Gasteiger charge is 2.28. The van der Waals surface area contributed by atoms with E-state index in [1.807, 2.05) is 12.1 Å². The normalized spacial score (nSPS) is 15.1. The molecule has 1 atom stereocenters. The van der Waals surface area contributed by atoms with Crippen molar-refractivity contribution in [2.75, 3.05) is 0 Å². The minimum atomic E-state index is -0.622. The molecule has 1 N–H and O–H groups in total. The summed E-state index contributed by atoms with van der Waals surface area (Å²) in [5.41, 5.74) is 1.53. The van der Waals surface area contributed by atoms with Crippen molar-refractivity contribution in [3.63, 3.8) is 0 Å². The predicted molar refractivity (Wildman–Crippen MR) is 122 cm³/mol. The first-order valence-electron chi connectivity index (χ1n) is 10.1. The number of carbonyl (C=O) groups excluding carboxylic acids is 2. The quantitative estimate of drug-likeness (QED) is 0.571. The van der Waals surface area contributed by atoms with Crippen LogP contribution >= 0.6 is 34.8 Å². The highest BCUT2D eigenvalue weighted by molar-refractivity contribution is 6.35. The topological polar surface area (TPSA) is 49.4 Å². The summed E-state index contributed by atoms with van der Waals surface area (Å²) in [6, 6.07) is 11.9. The minimum absolute atomic E-state index is 0.0810. The summed E-state index contributed by atoms with van der Waals surface area (Å²) in [7, 11) is 0. The number of nitrogens with one attached hydrogen (secondary N) is 1. The minimum Gasteiger partial charge on any atom is -0.352 e. The maximum absolute atomic E-state index is 13.2. The molecule has 0 bridgehead atoms. The number of hydrogen-bond acceptors (Lipinski definition) is 2. The van der Waals surface area contributed by atoms with Gasteiger partial charge in [-0.15, -0.1) is 0 Å². The lowest BCUT2D eigenvalue weighted by molar-refractivity contribution is -0.140. The second-order valence-electron chi connectivity index (χ2n) is 7.73. The van der Waals surface area contributed by atoms with Crippen LogP contribution in [0, 0.1) is 0 Å². The molecule has 7 heteroatoms. The van der Waals surface area contributed by atoms with E-state index in [2.05, 4.69) is 5.32 Å². The Bertz CT molecular complexity index is 913. The van der Waals surface area contributed by atoms with Crippen molar-refractivity contribution in [2.24, 2.45) is 0 Å². The van der Waals surface area contributed by atoms with Crippen LogP contribution < -0.4 is 5.32 Å².